The zero-order chi connectivity index (χ0) is 30.9. The summed E-state index contributed by atoms with van der Waals surface area (Å²) in [6.45, 7) is 5.89. The predicted octanol–water partition coefficient (Wildman–Crippen LogP) is 1.27. The molecule has 3 heterocycles. The van der Waals surface area contributed by atoms with E-state index in [2.05, 4.69) is 15.3 Å². The number of aliphatic hydroxyl groups excluding tert-OH is 2. The van der Waals surface area contributed by atoms with Gasteiger partial charge in [0.15, 0.2) is 5.34 Å². The Hall–Kier alpha value is -2.97. The summed E-state index contributed by atoms with van der Waals surface area (Å²) < 4.78 is 26.9. The van der Waals surface area contributed by atoms with Crippen molar-refractivity contribution in [2.45, 2.75) is 95.4 Å². The zero-order valence-corrected chi connectivity index (χ0v) is 24.8. The van der Waals surface area contributed by atoms with Gasteiger partial charge in [0.1, 0.15) is 25.0 Å². The average Bonchev–Trinajstić information content (AvgIpc) is 3.49. The van der Waals surface area contributed by atoms with Gasteiger partial charge in [-0.25, -0.2) is 9.48 Å². The van der Waals surface area contributed by atoms with E-state index in [0.29, 0.717) is 12.1 Å². The van der Waals surface area contributed by atoms with Crippen molar-refractivity contribution in [3.8, 4) is 0 Å². The highest BCUT2D eigenvalue weighted by Crippen LogP contribution is 2.59. The molecule has 2 aromatic heterocycles. The van der Waals surface area contributed by atoms with E-state index in [4.69, 9.17) is 9.26 Å². The normalized spacial score (nSPS) is 25.0. The van der Waals surface area contributed by atoms with Crippen LogP contribution < -0.4 is 11.2 Å². The summed E-state index contributed by atoms with van der Waals surface area (Å²) in [6.07, 6.45) is -1.96. The molecule has 5 unspecified atom stereocenters. The van der Waals surface area contributed by atoms with Crippen LogP contribution in [0.25, 0.3) is 0 Å². The molecule has 0 spiro atoms. The minimum Gasteiger partial charge on any atom is -0.388 e. The van der Waals surface area contributed by atoms with Crippen molar-refractivity contribution in [2.24, 2.45) is 0 Å². The van der Waals surface area contributed by atoms with Crippen molar-refractivity contribution in [1.82, 2.24) is 24.5 Å². The molecular weight excluding hydrogens is 569 g/mol. The van der Waals surface area contributed by atoms with Gasteiger partial charge in [-0.2, -0.15) is 0 Å². The van der Waals surface area contributed by atoms with Crippen LogP contribution >= 0.6 is 7.60 Å². The molecule has 42 heavy (non-hydrogen) atoms. The van der Waals surface area contributed by atoms with Crippen LogP contribution in [0.15, 0.2) is 52.3 Å². The highest BCUT2D eigenvalue weighted by Gasteiger charge is 2.51. The Morgan fingerprint density at radius 2 is 1.79 bits per heavy atom. The molecule has 1 aromatic carbocycles. The molecule has 0 radical (unpaired) electrons. The maximum atomic E-state index is 12.8. The van der Waals surface area contributed by atoms with Crippen LogP contribution in [0.2, 0.25) is 0 Å². The van der Waals surface area contributed by atoms with Crippen LogP contribution in [0, 0.1) is 0 Å². The van der Waals surface area contributed by atoms with Crippen LogP contribution in [0.3, 0.4) is 0 Å². The van der Waals surface area contributed by atoms with E-state index >= 15 is 0 Å². The SMILES string of the molecule is CCC(C)(C[C@H]1O[C@@H](c2cn(Cn3cc(Cc4ccccc4)nn3)c(=O)[nH]c2=O)C(O)C1O)OP(=O)(O)C(C)(O)CC. The summed E-state index contributed by atoms with van der Waals surface area (Å²) in [6, 6.07) is 9.66. The Bertz CT molecular complexity index is 1540. The first-order valence-electron chi connectivity index (χ1n) is 13.7. The second-order valence-corrected chi connectivity index (χ2v) is 13.3. The van der Waals surface area contributed by atoms with E-state index in [-0.39, 0.29) is 31.5 Å². The lowest BCUT2D eigenvalue weighted by Gasteiger charge is -2.37. The second kappa shape index (κ2) is 12.3. The number of ether oxygens (including phenoxy) is 1. The third-order valence-corrected chi connectivity index (χ3v) is 10.0. The minimum atomic E-state index is -4.52. The fourth-order valence-corrected chi connectivity index (χ4v) is 6.12. The van der Waals surface area contributed by atoms with Crippen molar-refractivity contribution >= 4 is 7.60 Å². The lowest BCUT2D eigenvalue weighted by molar-refractivity contribution is -0.0534. The van der Waals surface area contributed by atoms with Crippen molar-refractivity contribution in [1.29, 1.82) is 0 Å². The van der Waals surface area contributed by atoms with Crippen molar-refractivity contribution in [3.05, 3.63) is 80.4 Å². The van der Waals surface area contributed by atoms with Gasteiger partial charge in [0.25, 0.3) is 5.56 Å². The summed E-state index contributed by atoms with van der Waals surface area (Å²) in [7, 11) is -4.52. The van der Waals surface area contributed by atoms with Gasteiger partial charge in [0.2, 0.25) is 0 Å². The van der Waals surface area contributed by atoms with Gasteiger partial charge in [-0.15, -0.1) is 5.10 Å². The lowest BCUT2D eigenvalue weighted by Crippen LogP contribution is -2.40. The van der Waals surface area contributed by atoms with Crippen LogP contribution in [0.1, 0.15) is 69.9 Å². The van der Waals surface area contributed by atoms with Crippen LogP contribution in [-0.2, 0) is 26.9 Å². The molecule has 4 rings (SSSR count). The fourth-order valence-electron chi connectivity index (χ4n) is 4.73. The molecule has 7 atom stereocenters. The molecule has 0 bridgehead atoms. The number of rotatable bonds is 12. The topological polar surface area (TPSA) is 202 Å². The quantitative estimate of drug-likeness (QED) is 0.186. The Morgan fingerprint density at radius 3 is 2.43 bits per heavy atom. The molecular formula is C27H38N5O9P. The highest BCUT2D eigenvalue weighted by atomic mass is 31.2. The molecule has 0 amide bonds. The van der Waals surface area contributed by atoms with Crippen LogP contribution in [0.4, 0.5) is 0 Å². The molecule has 15 heteroatoms. The molecule has 3 aromatic rings. The molecule has 1 fully saturated rings. The number of aliphatic hydroxyl groups is 3. The maximum absolute atomic E-state index is 12.8. The lowest BCUT2D eigenvalue weighted by atomic mass is 9.92. The summed E-state index contributed by atoms with van der Waals surface area (Å²) in [4.78, 5) is 38.0. The molecule has 1 saturated heterocycles. The van der Waals surface area contributed by atoms with Gasteiger partial charge < -0.3 is 29.5 Å². The Labute approximate surface area is 242 Å². The molecule has 230 valence electrons. The van der Waals surface area contributed by atoms with E-state index in [1.807, 2.05) is 30.3 Å². The summed E-state index contributed by atoms with van der Waals surface area (Å²) in [5, 5.41) is 38.2. The van der Waals surface area contributed by atoms with Gasteiger partial charge in [0, 0.05) is 19.0 Å². The Balaban J connectivity index is 1.52. The summed E-state index contributed by atoms with van der Waals surface area (Å²) in [5.74, 6) is 0. The number of aromatic amines is 1. The van der Waals surface area contributed by atoms with Crippen LogP contribution in [-0.4, -0.2) is 74.0 Å². The van der Waals surface area contributed by atoms with E-state index < -0.39 is 54.2 Å². The third kappa shape index (κ3) is 6.81. The van der Waals surface area contributed by atoms with Gasteiger partial charge >= 0.3 is 13.3 Å². The maximum Gasteiger partial charge on any atom is 0.359 e. The highest BCUT2D eigenvalue weighted by molar-refractivity contribution is 7.54. The summed E-state index contributed by atoms with van der Waals surface area (Å²) >= 11 is 0. The van der Waals surface area contributed by atoms with Gasteiger partial charge in [0.05, 0.1) is 29.2 Å². The van der Waals surface area contributed by atoms with Crippen molar-refractivity contribution < 1.29 is 34.0 Å². The number of nitrogens with one attached hydrogen (secondary N) is 1. The first-order valence-corrected chi connectivity index (χ1v) is 15.3. The van der Waals surface area contributed by atoms with Gasteiger partial charge in [-0.3, -0.25) is 18.9 Å². The number of benzene rings is 1. The molecule has 1 aliphatic rings. The monoisotopic (exact) mass is 607 g/mol. The zero-order valence-electron chi connectivity index (χ0n) is 24.0. The molecule has 5 N–H and O–H groups in total. The second-order valence-electron chi connectivity index (χ2n) is 11.1. The largest absolute Gasteiger partial charge is 0.388 e. The van der Waals surface area contributed by atoms with E-state index in [0.717, 1.165) is 5.56 Å². The number of hydrogen-bond acceptors (Lipinski definition) is 10. The number of hydrogen-bond donors (Lipinski definition) is 5. The number of H-pyrrole nitrogens is 1. The first-order chi connectivity index (χ1) is 19.7. The Morgan fingerprint density at radius 1 is 1.10 bits per heavy atom. The van der Waals surface area contributed by atoms with E-state index in [9.17, 15) is 34.4 Å². The van der Waals surface area contributed by atoms with Gasteiger partial charge in [-0.05, 0) is 32.3 Å². The smallest absolute Gasteiger partial charge is 0.359 e. The van der Waals surface area contributed by atoms with E-state index in [1.165, 1.54) is 29.3 Å². The number of aromatic nitrogens is 5. The Kier molecular flexibility index (Phi) is 9.38. The molecule has 0 saturated carbocycles. The first kappa shape index (κ1) is 32.0. The molecule has 1 aliphatic heterocycles. The van der Waals surface area contributed by atoms with E-state index in [1.54, 1.807) is 20.0 Å². The minimum absolute atomic E-state index is 0.0364. The summed E-state index contributed by atoms with van der Waals surface area (Å²) in [5.41, 5.74) is -1.25. The third-order valence-electron chi connectivity index (χ3n) is 7.82. The van der Waals surface area contributed by atoms with Crippen molar-refractivity contribution in [3.63, 3.8) is 0 Å². The predicted molar refractivity (Wildman–Crippen MR) is 151 cm³/mol. The van der Waals surface area contributed by atoms with Crippen molar-refractivity contribution in [2.75, 3.05) is 0 Å². The molecule has 0 aliphatic carbocycles. The van der Waals surface area contributed by atoms with Crippen LogP contribution in [0.5, 0.6) is 0 Å². The molecule has 14 nitrogen and oxygen atoms in total. The fraction of sp³-hybridized carbons (Fsp3) is 0.556. The standard InChI is InChI=1S/C27H38N5O9P/c1-5-26(3,41-42(38,39)27(4,37)6-2)13-20-21(33)22(34)23(40-20)19-15-31(25(36)28-24(19)35)16-32-14-18(29-30-32)12-17-10-8-7-9-11-17/h7-11,14-15,20-23,33-34,37H,5-6,12-13,16H2,1-4H3,(H,38,39)(H,28,35,36)/t20-,21?,22?,23+,26?,27?/m1/s1. The number of nitrogens with zero attached hydrogens (tertiary/aromatic N) is 4. The average molecular weight is 608 g/mol. The van der Waals surface area contributed by atoms with Gasteiger partial charge in [-0.1, -0.05) is 49.4 Å².